The van der Waals surface area contributed by atoms with Gasteiger partial charge >= 0.3 is 0 Å². The second-order valence-corrected chi connectivity index (χ2v) is 11.9. The number of ether oxygens (including phenoxy) is 3. The Kier molecular flexibility index (Phi) is 12.1. The van der Waals surface area contributed by atoms with E-state index in [4.69, 9.17) is 25.8 Å². The van der Waals surface area contributed by atoms with Crippen molar-refractivity contribution in [2.75, 3.05) is 45.3 Å². The number of benzene rings is 3. The van der Waals surface area contributed by atoms with Crippen LogP contribution in [0, 0.1) is 0 Å². The summed E-state index contributed by atoms with van der Waals surface area (Å²) < 4.78 is 45.5. The van der Waals surface area contributed by atoms with Crippen LogP contribution in [0.15, 0.2) is 71.6 Å². The SMILES string of the molecule is CCCNC(=O)C(C)N(CCc1ccccc1)C(=O)CN(c1cc(Cl)ccc1OC)S(=O)(=O)c1ccc(OC)c(OC)c1. The maximum Gasteiger partial charge on any atom is 0.265 e. The summed E-state index contributed by atoms with van der Waals surface area (Å²) in [5.41, 5.74) is 1.03. The van der Waals surface area contributed by atoms with E-state index >= 15 is 0 Å². The number of sulfonamides is 1. The summed E-state index contributed by atoms with van der Waals surface area (Å²) in [6, 6.07) is 17.3. The molecule has 0 aliphatic carbocycles. The maximum absolute atomic E-state index is 14.2. The third-order valence-corrected chi connectivity index (χ3v) is 8.82. The Morgan fingerprint density at radius 2 is 1.56 bits per heavy atom. The van der Waals surface area contributed by atoms with Crippen LogP contribution < -0.4 is 23.8 Å². The molecule has 0 aliphatic heterocycles. The lowest BCUT2D eigenvalue weighted by atomic mass is 10.1. The highest BCUT2D eigenvalue weighted by Gasteiger charge is 2.34. The minimum atomic E-state index is -4.41. The fourth-order valence-electron chi connectivity index (χ4n) is 4.44. The molecule has 0 aliphatic rings. The van der Waals surface area contributed by atoms with Crippen molar-refractivity contribution >= 4 is 39.1 Å². The van der Waals surface area contributed by atoms with Gasteiger partial charge in [0.15, 0.2) is 11.5 Å². The summed E-state index contributed by atoms with van der Waals surface area (Å²) in [7, 11) is -0.181. The van der Waals surface area contributed by atoms with Gasteiger partial charge < -0.3 is 24.4 Å². The summed E-state index contributed by atoms with van der Waals surface area (Å²) in [5.74, 6) is -0.202. The molecule has 12 heteroatoms. The first-order chi connectivity index (χ1) is 20.6. The topological polar surface area (TPSA) is 114 Å². The standard InChI is InChI=1S/C31H38ClN3O7S/c1-6-17-33-31(37)22(2)34(18-16-23-10-8-7-9-11-23)30(36)21-35(26-19-24(32)12-14-27(26)40-3)43(38,39)25-13-15-28(41-4)29(20-25)42-5/h7-15,19-20,22H,6,16-18,21H2,1-5H3,(H,33,37). The van der Waals surface area contributed by atoms with E-state index < -0.39 is 28.5 Å². The smallest absolute Gasteiger partial charge is 0.265 e. The van der Waals surface area contributed by atoms with E-state index in [0.717, 1.165) is 16.3 Å². The van der Waals surface area contributed by atoms with Crippen molar-refractivity contribution in [3.05, 3.63) is 77.3 Å². The van der Waals surface area contributed by atoms with Gasteiger partial charge in [0.05, 0.1) is 31.9 Å². The molecule has 2 amide bonds. The van der Waals surface area contributed by atoms with Gasteiger partial charge in [0.1, 0.15) is 18.3 Å². The number of carbonyl (C=O) groups is 2. The summed E-state index contributed by atoms with van der Waals surface area (Å²) in [6.07, 6.45) is 1.18. The molecule has 0 heterocycles. The molecule has 0 radical (unpaired) electrons. The normalized spacial score (nSPS) is 11.8. The predicted molar refractivity (Wildman–Crippen MR) is 167 cm³/mol. The zero-order chi connectivity index (χ0) is 31.6. The molecular weight excluding hydrogens is 594 g/mol. The average Bonchev–Trinajstić information content (AvgIpc) is 3.02. The molecule has 0 bridgehead atoms. The Labute approximate surface area is 258 Å². The van der Waals surface area contributed by atoms with Crippen LogP contribution in [0.2, 0.25) is 5.02 Å². The van der Waals surface area contributed by atoms with Crippen molar-refractivity contribution in [1.29, 1.82) is 0 Å². The number of hydrogen-bond donors (Lipinski definition) is 1. The zero-order valence-electron chi connectivity index (χ0n) is 25.0. The number of halogens is 1. The van der Waals surface area contributed by atoms with Gasteiger partial charge in [-0.2, -0.15) is 0 Å². The largest absolute Gasteiger partial charge is 0.495 e. The van der Waals surface area contributed by atoms with Crippen LogP contribution in [-0.4, -0.2) is 72.1 Å². The molecule has 0 spiro atoms. The molecule has 10 nitrogen and oxygen atoms in total. The van der Waals surface area contributed by atoms with E-state index in [0.29, 0.717) is 18.7 Å². The third-order valence-electron chi connectivity index (χ3n) is 6.83. The average molecular weight is 632 g/mol. The number of nitrogens with zero attached hydrogens (tertiary/aromatic N) is 2. The Morgan fingerprint density at radius 1 is 0.907 bits per heavy atom. The minimum absolute atomic E-state index is 0.0595. The lowest BCUT2D eigenvalue weighted by molar-refractivity contribution is -0.138. The van der Waals surface area contributed by atoms with Crippen LogP contribution in [0.25, 0.3) is 0 Å². The van der Waals surface area contributed by atoms with Crippen LogP contribution in [0.4, 0.5) is 5.69 Å². The van der Waals surface area contributed by atoms with Crippen LogP contribution >= 0.6 is 11.6 Å². The van der Waals surface area contributed by atoms with Gasteiger partial charge in [-0.25, -0.2) is 8.42 Å². The van der Waals surface area contributed by atoms with E-state index in [2.05, 4.69) is 5.32 Å². The van der Waals surface area contributed by atoms with Crippen LogP contribution in [0.5, 0.6) is 17.2 Å². The predicted octanol–water partition coefficient (Wildman–Crippen LogP) is 4.55. The van der Waals surface area contributed by atoms with Gasteiger partial charge in [-0.15, -0.1) is 0 Å². The zero-order valence-corrected chi connectivity index (χ0v) is 26.6. The van der Waals surface area contributed by atoms with Gasteiger partial charge in [-0.05, 0) is 55.7 Å². The number of nitrogens with one attached hydrogen (secondary N) is 1. The van der Waals surface area contributed by atoms with E-state index in [9.17, 15) is 18.0 Å². The molecule has 0 saturated carbocycles. The second kappa shape index (κ2) is 15.5. The molecule has 3 aromatic carbocycles. The molecule has 3 aromatic rings. The quantitative estimate of drug-likeness (QED) is 0.262. The molecule has 0 aromatic heterocycles. The van der Waals surface area contributed by atoms with Gasteiger partial charge in [0.2, 0.25) is 11.8 Å². The van der Waals surface area contributed by atoms with E-state index in [1.165, 1.54) is 56.6 Å². The van der Waals surface area contributed by atoms with Crippen molar-refractivity contribution in [3.63, 3.8) is 0 Å². The Balaban J connectivity index is 2.09. The van der Waals surface area contributed by atoms with Gasteiger partial charge in [-0.1, -0.05) is 48.9 Å². The molecule has 1 unspecified atom stereocenters. The van der Waals surface area contributed by atoms with E-state index in [-0.39, 0.29) is 39.6 Å². The van der Waals surface area contributed by atoms with Gasteiger partial charge in [0.25, 0.3) is 10.0 Å². The van der Waals surface area contributed by atoms with Crippen LogP contribution in [-0.2, 0) is 26.0 Å². The lowest BCUT2D eigenvalue weighted by Gasteiger charge is -2.32. The molecule has 3 rings (SSSR count). The first-order valence-corrected chi connectivity index (χ1v) is 15.6. The number of anilines is 1. The highest BCUT2D eigenvalue weighted by molar-refractivity contribution is 7.92. The molecule has 1 N–H and O–H groups in total. The minimum Gasteiger partial charge on any atom is -0.495 e. The van der Waals surface area contributed by atoms with Crippen LogP contribution in [0.1, 0.15) is 25.8 Å². The number of rotatable bonds is 15. The number of amides is 2. The van der Waals surface area contributed by atoms with Crippen molar-refractivity contribution in [2.45, 2.75) is 37.6 Å². The molecule has 0 fully saturated rings. The summed E-state index contributed by atoms with van der Waals surface area (Å²) in [6.45, 7) is 3.55. The summed E-state index contributed by atoms with van der Waals surface area (Å²) in [4.78, 5) is 28.3. The lowest BCUT2D eigenvalue weighted by Crippen LogP contribution is -2.52. The Hall–Kier alpha value is -3.96. The van der Waals surface area contributed by atoms with Gasteiger partial charge in [0, 0.05) is 24.2 Å². The molecular formula is C31H38ClN3O7S. The molecule has 43 heavy (non-hydrogen) atoms. The Bertz CT molecular complexity index is 1500. The molecule has 0 saturated heterocycles. The fraction of sp³-hybridized carbons (Fsp3) is 0.355. The number of carbonyl (C=O) groups excluding carboxylic acids is 2. The fourth-order valence-corrected chi connectivity index (χ4v) is 6.04. The number of methoxy groups -OCH3 is 3. The second-order valence-electron chi connectivity index (χ2n) is 9.63. The number of hydrogen-bond acceptors (Lipinski definition) is 7. The first kappa shape index (κ1) is 33.5. The van der Waals surface area contributed by atoms with Crippen molar-refractivity contribution in [1.82, 2.24) is 10.2 Å². The van der Waals surface area contributed by atoms with E-state index in [1.807, 2.05) is 37.3 Å². The van der Waals surface area contributed by atoms with Crippen molar-refractivity contribution in [2.24, 2.45) is 0 Å². The third kappa shape index (κ3) is 8.32. The summed E-state index contributed by atoms with van der Waals surface area (Å²) >= 11 is 6.30. The molecule has 1 atom stereocenters. The Morgan fingerprint density at radius 3 is 2.19 bits per heavy atom. The van der Waals surface area contributed by atoms with Crippen molar-refractivity contribution in [3.8, 4) is 17.2 Å². The van der Waals surface area contributed by atoms with Crippen molar-refractivity contribution < 1.29 is 32.2 Å². The highest BCUT2D eigenvalue weighted by atomic mass is 35.5. The van der Waals surface area contributed by atoms with E-state index in [1.54, 1.807) is 13.0 Å². The van der Waals surface area contributed by atoms with Gasteiger partial charge in [-0.3, -0.25) is 13.9 Å². The monoisotopic (exact) mass is 631 g/mol. The maximum atomic E-state index is 14.2. The highest BCUT2D eigenvalue weighted by Crippen LogP contribution is 2.37. The molecule has 232 valence electrons. The van der Waals surface area contributed by atoms with Crippen LogP contribution in [0.3, 0.4) is 0 Å². The first-order valence-electron chi connectivity index (χ1n) is 13.8. The summed E-state index contributed by atoms with van der Waals surface area (Å²) in [5, 5.41) is 3.07.